The molecule has 1 aliphatic heterocycles. The SMILES string of the molecule is Cn1ccc(NC(=O)CCCN2C(=O)c3ccccc3C2=O)n1. The van der Waals surface area contributed by atoms with Crippen LogP contribution in [0.25, 0.3) is 0 Å². The summed E-state index contributed by atoms with van der Waals surface area (Å²) < 4.78 is 1.59. The number of hydrogen-bond acceptors (Lipinski definition) is 4. The molecule has 0 saturated carbocycles. The number of carbonyl (C=O) groups excluding carboxylic acids is 3. The second-order valence-electron chi connectivity index (χ2n) is 5.33. The molecule has 1 aromatic carbocycles. The van der Waals surface area contributed by atoms with E-state index in [4.69, 9.17) is 0 Å². The fraction of sp³-hybridized carbons (Fsp3) is 0.250. The molecule has 3 rings (SSSR count). The van der Waals surface area contributed by atoms with Gasteiger partial charge in [0.05, 0.1) is 11.1 Å². The third-order valence-electron chi connectivity index (χ3n) is 3.64. The van der Waals surface area contributed by atoms with Gasteiger partial charge in [0.2, 0.25) is 5.91 Å². The molecule has 0 spiro atoms. The van der Waals surface area contributed by atoms with Gasteiger partial charge in [-0.15, -0.1) is 0 Å². The van der Waals surface area contributed by atoms with Gasteiger partial charge in [-0.1, -0.05) is 12.1 Å². The van der Waals surface area contributed by atoms with Gasteiger partial charge in [-0.2, -0.15) is 5.10 Å². The van der Waals surface area contributed by atoms with Gasteiger partial charge in [0.25, 0.3) is 11.8 Å². The summed E-state index contributed by atoms with van der Waals surface area (Å²) in [4.78, 5) is 37.4. The Balaban J connectivity index is 1.52. The summed E-state index contributed by atoms with van der Waals surface area (Å²) in [6, 6.07) is 8.44. The minimum atomic E-state index is -0.296. The first-order chi connectivity index (χ1) is 11.1. The van der Waals surface area contributed by atoms with Crippen molar-refractivity contribution in [3.8, 4) is 0 Å². The maximum atomic E-state index is 12.2. The zero-order valence-electron chi connectivity index (χ0n) is 12.7. The highest BCUT2D eigenvalue weighted by atomic mass is 16.2. The molecule has 0 radical (unpaired) electrons. The van der Waals surface area contributed by atoms with Crippen LogP contribution in [-0.4, -0.2) is 38.9 Å². The minimum Gasteiger partial charge on any atom is -0.309 e. The molecular weight excluding hydrogens is 296 g/mol. The van der Waals surface area contributed by atoms with E-state index in [1.807, 2.05) is 0 Å². The van der Waals surface area contributed by atoms with E-state index in [1.54, 1.807) is 48.3 Å². The van der Waals surface area contributed by atoms with Crippen LogP contribution in [0, 0.1) is 0 Å². The van der Waals surface area contributed by atoms with Gasteiger partial charge in [-0.3, -0.25) is 24.0 Å². The second-order valence-corrected chi connectivity index (χ2v) is 5.33. The van der Waals surface area contributed by atoms with Gasteiger partial charge < -0.3 is 5.32 Å². The summed E-state index contributed by atoms with van der Waals surface area (Å²) in [6.07, 6.45) is 2.35. The summed E-state index contributed by atoms with van der Waals surface area (Å²) in [5, 5.41) is 6.72. The number of nitrogens with zero attached hydrogens (tertiary/aromatic N) is 3. The van der Waals surface area contributed by atoms with Crippen LogP contribution in [0.3, 0.4) is 0 Å². The first kappa shape index (κ1) is 15.0. The Kier molecular flexibility index (Phi) is 3.92. The van der Waals surface area contributed by atoms with Gasteiger partial charge >= 0.3 is 0 Å². The molecule has 1 aliphatic rings. The number of fused-ring (bicyclic) bond motifs is 1. The lowest BCUT2D eigenvalue weighted by Gasteiger charge is -2.13. The minimum absolute atomic E-state index is 0.194. The van der Waals surface area contributed by atoms with E-state index in [0.29, 0.717) is 23.4 Å². The Morgan fingerprint density at radius 2 is 1.78 bits per heavy atom. The number of amides is 3. The van der Waals surface area contributed by atoms with Gasteiger partial charge in [0, 0.05) is 32.3 Å². The summed E-state index contributed by atoms with van der Waals surface area (Å²) >= 11 is 0. The molecule has 3 amide bonds. The predicted molar refractivity (Wildman–Crippen MR) is 82.9 cm³/mol. The maximum absolute atomic E-state index is 12.2. The Hall–Kier alpha value is -2.96. The zero-order valence-corrected chi connectivity index (χ0v) is 12.7. The molecule has 0 atom stereocenters. The van der Waals surface area contributed by atoms with Gasteiger partial charge in [0.1, 0.15) is 0 Å². The second kappa shape index (κ2) is 6.04. The number of benzene rings is 1. The molecule has 2 aromatic rings. The van der Waals surface area contributed by atoms with Gasteiger partial charge in [0.15, 0.2) is 5.82 Å². The summed E-state index contributed by atoms with van der Waals surface area (Å²) in [5.41, 5.74) is 0.853. The molecular formula is C16H16N4O3. The molecule has 0 aliphatic carbocycles. The fourth-order valence-electron chi connectivity index (χ4n) is 2.53. The third-order valence-corrected chi connectivity index (χ3v) is 3.64. The highest BCUT2D eigenvalue weighted by Crippen LogP contribution is 2.22. The van der Waals surface area contributed by atoms with E-state index in [0.717, 1.165) is 0 Å². The number of rotatable bonds is 5. The zero-order chi connectivity index (χ0) is 16.4. The van der Waals surface area contributed by atoms with E-state index in [-0.39, 0.29) is 30.7 Å². The van der Waals surface area contributed by atoms with Crippen LogP contribution < -0.4 is 5.32 Å². The maximum Gasteiger partial charge on any atom is 0.261 e. The van der Waals surface area contributed by atoms with Crippen LogP contribution >= 0.6 is 0 Å². The first-order valence-corrected chi connectivity index (χ1v) is 7.31. The molecule has 1 aromatic heterocycles. The lowest BCUT2D eigenvalue weighted by atomic mass is 10.1. The third kappa shape index (κ3) is 2.98. The number of imide groups is 1. The van der Waals surface area contributed by atoms with Crippen LogP contribution in [0.2, 0.25) is 0 Å². The molecule has 118 valence electrons. The molecule has 0 bridgehead atoms. The van der Waals surface area contributed by atoms with Crippen LogP contribution in [0.1, 0.15) is 33.6 Å². The number of aryl methyl sites for hydroxylation is 1. The molecule has 23 heavy (non-hydrogen) atoms. The molecule has 0 saturated heterocycles. The van der Waals surface area contributed by atoms with Crippen LogP contribution in [-0.2, 0) is 11.8 Å². The Bertz CT molecular complexity index is 746. The van der Waals surface area contributed by atoms with Crippen molar-refractivity contribution in [1.29, 1.82) is 0 Å². The lowest BCUT2D eigenvalue weighted by molar-refractivity contribution is -0.116. The van der Waals surface area contributed by atoms with Crippen molar-refractivity contribution in [3.63, 3.8) is 0 Å². The van der Waals surface area contributed by atoms with Crippen molar-refractivity contribution in [3.05, 3.63) is 47.7 Å². The highest BCUT2D eigenvalue weighted by molar-refractivity contribution is 6.21. The Morgan fingerprint density at radius 3 is 2.35 bits per heavy atom. The molecule has 1 N–H and O–H groups in total. The van der Waals surface area contributed by atoms with Crippen molar-refractivity contribution >= 4 is 23.5 Å². The smallest absolute Gasteiger partial charge is 0.261 e. The number of anilines is 1. The normalized spacial score (nSPS) is 13.3. The van der Waals surface area contributed by atoms with Crippen molar-refractivity contribution in [1.82, 2.24) is 14.7 Å². The van der Waals surface area contributed by atoms with E-state index in [1.165, 1.54) is 4.90 Å². The predicted octanol–water partition coefficient (Wildman–Crippen LogP) is 1.43. The standard InChI is InChI=1S/C16H16N4O3/c1-19-10-8-13(18-19)17-14(21)7-4-9-20-15(22)11-5-2-3-6-12(11)16(20)23/h2-3,5-6,8,10H,4,7,9H2,1H3,(H,17,18,21). The van der Waals surface area contributed by atoms with E-state index in [9.17, 15) is 14.4 Å². The average molecular weight is 312 g/mol. The average Bonchev–Trinajstić information content (AvgIpc) is 3.04. The topological polar surface area (TPSA) is 84.3 Å². The monoisotopic (exact) mass is 312 g/mol. The lowest BCUT2D eigenvalue weighted by Crippen LogP contribution is -2.31. The summed E-state index contributed by atoms with van der Waals surface area (Å²) in [5.74, 6) is -0.301. The van der Waals surface area contributed by atoms with Crippen molar-refractivity contribution in [2.45, 2.75) is 12.8 Å². The molecule has 2 heterocycles. The molecule has 7 nitrogen and oxygen atoms in total. The van der Waals surface area contributed by atoms with Crippen molar-refractivity contribution in [2.75, 3.05) is 11.9 Å². The van der Waals surface area contributed by atoms with Crippen LogP contribution in [0.15, 0.2) is 36.5 Å². The number of hydrogen-bond donors (Lipinski definition) is 1. The molecule has 0 unspecified atom stereocenters. The fourth-order valence-corrected chi connectivity index (χ4v) is 2.53. The quantitative estimate of drug-likeness (QED) is 0.847. The van der Waals surface area contributed by atoms with Crippen LogP contribution in [0.4, 0.5) is 5.82 Å². The van der Waals surface area contributed by atoms with Crippen LogP contribution in [0.5, 0.6) is 0 Å². The van der Waals surface area contributed by atoms with Crippen molar-refractivity contribution in [2.24, 2.45) is 7.05 Å². The summed E-state index contributed by atoms with van der Waals surface area (Å²) in [6.45, 7) is 0.224. The number of nitrogens with one attached hydrogen (secondary N) is 1. The van der Waals surface area contributed by atoms with Crippen molar-refractivity contribution < 1.29 is 14.4 Å². The highest BCUT2D eigenvalue weighted by Gasteiger charge is 2.34. The van der Waals surface area contributed by atoms with Gasteiger partial charge in [-0.05, 0) is 18.6 Å². The molecule has 0 fully saturated rings. The van der Waals surface area contributed by atoms with Gasteiger partial charge in [-0.25, -0.2) is 0 Å². The first-order valence-electron chi connectivity index (χ1n) is 7.31. The Labute approximate surface area is 132 Å². The number of aromatic nitrogens is 2. The van der Waals surface area contributed by atoms with E-state index >= 15 is 0 Å². The largest absolute Gasteiger partial charge is 0.309 e. The molecule has 7 heteroatoms. The Morgan fingerprint density at radius 1 is 1.13 bits per heavy atom. The summed E-state index contributed by atoms with van der Waals surface area (Å²) in [7, 11) is 1.76. The van der Waals surface area contributed by atoms with E-state index < -0.39 is 0 Å². The van der Waals surface area contributed by atoms with E-state index in [2.05, 4.69) is 10.4 Å². The number of carbonyl (C=O) groups is 3.